The number of hydrogen-bond acceptors (Lipinski definition) is 4. The van der Waals surface area contributed by atoms with Crippen LogP contribution in [0.1, 0.15) is 139 Å². The Hall–Kier alpha value is -3.19. The van der Waals surface area contributed by atoms with Crippen molar-refractivity contribution in [1.82, 2.24) is 4.98 Å². The van der Waals surface area contributed by atoms with Crippen LogP contribution in [0.15, 0.2) is 66.9 Å². The number of carbonyl (C=O) groups is 1. The quantitative estimate of drug-likeness (QED) is 0.0660. The van der Waals surface area contributed by atoms with Gasteiger partial charge in [0.15, 0.2) is 6.10 Å². The zero-order chi connectivity index (χ0) is 35.2. The maximum atomic E-state index is 12.5. The largest absolute Gasteiger partial charge is 0.462 e. The predicted octanol–water partition coefficient (Wildman–Crippen LogP) is 12.7. The van der Waals surface area contributed by atoms with Crippen molar-refractivity contribution in [2.24, 2.45) is 0 Å². The third-order valence-electron chi connectivity index (χ3n) is 9.14. The third-order valence-corrected chi connectivity index (χ3v) is 9.14. The molecule has 0 bridgehead atoms. The van der Waals surface area contributed by atoms with E-state index in [1.165, 1.54) is 82.6 Å². The van der Waals surface area contributed by atoms with Gasteiger partial charge in [0.05, 0.1) is 17.9 Å². The summed E-state index contributed by atoms with van der Waals surface area (Å²) in [7, 11) is 0. The Bertz CT molecular complexity index is 1290. The van der Waals surface area contributed by atoms with E-state index in [2.05, 4.69) is 37.3 Å². The Morgan fingerprint density at radius 2 is 1.14 bits per heavy atom. The SMILES string of the molecule is CCCCCCCCCCCCCCc1ccc(-c2ccc(-c3ccc(C(=O)OCCCCCCCOC(C)C(F)(F)F)cc3)cn2)cc1. The van der Waals surface area contributed by atoms with E-state index in [-0.39, 0.29) is 12.6 Å². The van der Waals surface area contributed by atoms with Gasteiger partial charge in [-0.05, 0) is 61.9 Å². The molecule has 1 atom stereocenters. The molecule has 1 unspecified atom stereocenters. The molecule has 0 amide bonds. The number of aryl methyl sites for hydroxylation is 1. The standard InChI is InChI=1S/C42H58F3NO3/c1-3-4-5-6-7-8-9-10-11-12-14-17-20-35-21-23-37(24-22-35)40-30-29-39(33-46-40)36-25-27-38(28-26-36)41(47)49-32-19-16-13-15-18-31-48-34(2)42(43,44)45/h21-30,33-34H,3-20,31-32H2,1-2H3. The van der Waals surface area contributed by atoms with Crippen molar-refractivity contribution in [3.8, 4) is 22.4 Å². The molecule has 0 spiro atoms. The summed E-state index contributed by atoms with van der Waals surface area (Å²) in [6.45, 7) is 3.71. The lowest BCUT2D eigenvalue weighted by Gasteiger charge is -2.16. The van der Waals surface area contributed by atoms with Crippen LogP contribution >= 0.6 is 0 Å². The van der Waals surface area contributed by atoms with E-state index in [1.807, 2.05) is 24.4 Å². The summed E-state index contributed by atoms with van der Waals surface area (Å²) >= 11 is 0. The number of carbonyl (C=O) groups excluding carboxylic acids is 1. The molecule has 1 aromatic heterocycles. The van der Waals surface area contributed by atoms with Crippen LogP contribution in [0.3, 0.4) is 0 Å². The lowest BCUT2D eigenvalue weighted by molar-refractivity contribution is -0.214. The van der Waals surface area contributed by atoms with Gasteiger partial charge in [-0.15, -0.1) is 0 Å². The zero-order valence-corrected chi connectivity index (χ0v) is 29.9. The summed E-state index contributed by atoms with van der Waals surface area (Å²) in [5.74, 6) is -0.364. The molecule has 3 rings (SSSR count). The Morgan fingerprint density at radius 3 is 1.69 bits per heavy atom. The third kappa shape index (κ3) is 16.4. The molecule has 0 N–H and O–H groups in total. The fraction of sp³-hybridized carbons (Fsp3) is 0.571. The van der Waals surface area contributed by atoms with Crippen molar-refractivity contribution in [3.05, 3.63) is 78.0 Å². The second kappa shape index (κ2) is 23.3. The summed E-state index contributed by atoms with van der Waals surface area (Å²) in [5, 5.41) is 0. The molecule has 0 saturated heterocycles. The summed E-state index contributed by atoms with van der Waals surface area (Å²) in [6, 6.07) is 20.2. The van der Waals surface area contributed by atoms with Gasteiger partial charge in [0, 0.05) is 23.9 Å². The minimum Gasteiger partial charge on any atom is -0.462 e. The van der Waals surface area contributed by atoms with E-state index in [0.29, 0.717) is 25.0 Å². The number of benzene rings is 2. The molecule has 0 fully saturated rings. The fourth-order valence-electron chi connectivity index (χ4n) is 5.88. The summed E-state index contributed by atoms with van der Waals surface area (Å²) in [4.78, 5) is 17.2. The lowest BCUT2D eigenvalue weighted by atomic mass is 10.0. The molecule has 0 aliphatic carbocycles. The van der Waals surface area contributed by atoms with Gasteiger partial charge >= 0.3 is 12.1 Å². The monoisotopic (exact) mass is 681 g/mol. The Morgan fingerprint density at radius 1 is 0.633 bits per heavy atom. The van der Waals surface area contributed by atoms with Crippen molar-refractivity contribution < 1.29 is 27.4 Å². The minimum absolute atomic E-state index is 0.0965. The number of halogens is 3. The number of unbranched alkanes of at least 4 members (excludes halogenated alkanes) is 15. The number of esters is 1. The van der Waals surface area contributed by atoms with E-state index in [0.717, 1.165) is 55.0 Å². The molecule has 7 heteroatoms. The topological polar surface area (TPSA) is 48.4 Å². The average molecular weight is 682 g/mol. The van der Waals surface area contributed by atoms with Crippen LogP contribution in [0, 0.1) is 0 Å². The molecule has 0 saturated carbocycles. The highest BCUT2D eigenvalue weighted by Crippen LogP contribution is 2.25. The van der Waals surface area contributed by atoms with Crippen molar-refractivity contribution in [1.29, 1.82) is 0 Å². The highest BCUT2D eigenvalue weighted by atomic mass is 19.4. The van der Waals surface area contributed by atoms with Crippen molar-refractivity contribution >= 4 is 5.97 Å². The van der Waals surface area contributed by atoms with Gasteiger partial charge < -0.3 is 9.47 Å². The summed E-state index contributed by atoms with van der Waals surface area (Å²) < 4.78 is 47.5. The molecule has 4 nitrogen and oxygen atoms in total. The normalized spacial score (nSPS) is 12.3. The van der Waals surface area contributed by atoms with E-state index < -0.39 is 12.3 Å². The Balaban J connectivity index is 1.28. The Labute approximate surface area is 293 Å². The lowest BCUT2D eigenvalue weighted by Crippen LogP contribution is -2.28. The first-order valence-corrected chi connectivity index (χ1v) is 18.8. The van der Waals surface area contributed by atoms with Crippen LogP contribution in [0.5, 0.6) is 0 Å². The van der Waals surface area contributed by atoms with Crippen LogP contribution in [0.2, 0.25) is 0 Å². The Kier molecular flexibility index (Phi) is 19.1. The van der Waals surface area contributed by atoms with E-state index >= 15 is 0 Å². The molecule has 0 radical (unpaired) electrons. The van der Waals surface area contributed by atoms with E-state index in [1.54, 1.807) is 12.1 Å². The first-order valence-electron chi connectivity index (χ1n) is 18.8. The highest BCUT2D eigenvalue weighted by molar-refractivity contribution is 5.90. The maximum absolute atomic E-state index is 12.5. The number of aromatic nitrogens is 1. The minimum atomic E-state index is -4.31. The molecule has 0 aliphatic heterocycles. The van der Waals surface area contributed by atoms with Crippen LogP contribution in [0.25, 0.3) is 22.4 Å². The first kappa shape index (κ1) is 40.2. The van der Waals surface area contributed by atoms with Crippen LogP contribution in [-0.2, 0) is 15.9 Å². The molecular formula is C42H58F3NO3. The first-order chi connectivity index (χ1) is 23.8. The molecule has 0 aliphatic rings. The molecule has 2 aromatic carbocycles. The van der Waals surface area contributed by atoms with Gasteiger partial charge in [-0.1, -0.05) is 139 Å². The molecule has 49 heavy (non-hydrogen) atoms. The number of pyridine rings is 1. The second-order valence-electron chi connectivity index (χ2n) is 13.3. The van der Waals surface area contributed by atoms with Crippen LogP contribution < -0.4 is 0 Å². The van der Waals surface area contributed by atoms with Crippen molar-refractivity contribution in [2.45, 2.75) is 142 Å². The zero-order valence-electron chi connectivity index (χ0n) is 29.9. The van der Waals surface area contributed by atoms with Gasteiger partial charge in [0.25, 0.3) is 0 Å². The van der Waals surface area contributed by atoms with Gasteiger partial charge in [0.2, 0.25) is 0 Å². The highest BCUT2D eigenvalue weighted by Gasteiger charge is 2.36. The van der Waals surface area contributed by atoms with E-state index in [9.17, 15) is 18.0 Å². The smallest absolute Gasteiger partial charge is 0.414 e. The van der Waals surface area contributed by atoms with E-state index in [4.69, 9.17) is 14.5 Å². The van der Waals surface area contributed by atoms with Gasteiger partial charge in [-0.3, -0.25) is 4.98 Å². The number of ether oxygens (including phenoxy) is 2. The predicted molar refractivity (Wildman–Crippen MR) is 195 cm³/mol. The molecular weight excluding hydrogens is 623 g/mol. The summed E-state index contributed by atoms with van der Waals surface area (Å²) in [5.41, 5.74) is 5.87. The fourth-order valence-corrected chi connectivity index (χ4v) is 5.88. The van der Waals surface area contributed by atoms with Crippen molar-refractivity contribution in [3.63, 3.8) is 0 Å². The maximum Gasteiger partial charge on any atom is 0.414 e. The van der Waals surface area contributed by atoms with Crippen LogP contribution in [0.4, 0.5) is 13.2 Å². The van der Waals surface area contributed by atoms with Gasteiger partial charge in [-0.25, -0.2) is 4.79 Å². The number of alkyl halides is 3. The number of rotatable bonds is 25. The molecule has 270 valence electrons. The van der Waals surface area contributed by atoms with Gasteiger partial charge in [-0.2, -0.15) is 13.2 Å². The number of nitrogens with zero attached hydrogens (tertiary/aromatic N) is 1. The van der Waals surface area contributed by atoms with Gasteiger partial charge in [0.1, 0.15) is 0 Å². The van der Waals surface area contributed by atoms with Crippen molar-refractivity contribution in [2.75, 3.05) is 13.2 Å². The number of hydrogen-bond donors (Lipinski definition) is 0. The molecule has 3 aromatic rings. The van der Waals surface area contributed by atoms with Crippen LogP contribution in [-0.4, -0.2) is 36.4 Å². The summed E-state index contributed by atoms with van der Waals surface area (Å²) in [6.07, 6.45) is 17.1. The molecule has 1 heterocycles. The second-order valence-corrected chi connectivity index (χ2v) is 13.3. The average Bonchev–Trinajstić information content (AvgIpc) is 3.11.